The summed E-state index contributed by atoms with van der Waals surface area (Å²) in [6.45, 7) is -0.276. The number of aliphatic hydroxyl groups is 6. The van der Waals surface area contributed by atoms with Crippen molar-refractivity contribution in [1.82, 2.24) is 3.56 Å². The number of aromatic nitrogens is 1. The third-order valence-electron chi connectivity index (χ3n) is 6.00. The number of hydrogen-bond donors (Lipinski definition) is 6. The molecule has 0 amide bonds. The molecule has 10 atom stereocenters. The van der Waals surface area contributed by atoms with E-state index in [0.717, 1.165) is 11.2 Å². The molecular formula is C21H27NO12Se. The standard InChI is InChI=1S/C21H27NO12Se/c1-8(25)31-18-16(29)17(34-21-15(28)14(27)13(26)10(6-23)33-21)11(7-24)32-20(18)22-19(30)9-4-2-3-5-12(9)35-22/h2-5,10-11,13-18,20-21,23-24,26-29H,6-7H2,1H3/t10?,11?,13-,14+,15?,16+,17-,18?,20-,21-/m1/s1. The van der Waals surface area contributed by atoms with Crippen molar-refractivity contribution in [1.29, 1.82) is 0 Å². The molecule has 2 fully saturated rings. The predicted molar refractivity (Wildman–Crippen MR) is 116 cm³/mol. The molecule has 2 aliphatic rings. The van der Waals surface area contributed by atoms with Crippen molar-refractivity contribution in [3.8, 4) is 0 Å². The number of hydrogen-bond acceptors (Lipinski definition) is 12. The van der Waals surface area contributed by atoms with E-state index in [1.165, 1.54) is 3.56 Å². The van der Waals surface area contributed by atoms with Gasteiger partial charge in [0.2, 0.25) is 0 Å². The van der Waals surface area contributed by atoms with Gasteiger partial charge in [-0.3, -0.25) is 0 Å². The molecule has 194 valence electrons. The summed E-state index contributed by atoms with van der Waals surface area (Å²) in [5, 5.41) is 61.3. The summed E-state index contributed by atoms with van der Waals surface area (Å²) in [5.74, 6) is -0.770. The third-order valence-corrected chi connectivity index (χ3v) is 8.36. The summed E-state index contributed by atoms with van der Waals surface area (Å²) in [4.78, 5) is 24.9. The first kappa shape index (κ1) is 26.4. The number of rotatable bonds is 6. The van der Waals surface area contributed by atoms with E-state index >= 15 is 0 Å². The van der Waals surface area contributed by atoms with Gasteiger partial charge in [0, 0.05) is 0 Å². The zero-order valence-corrected chi connectivity index (χ0v) is 20.2. The molecule has 0 saturated carbocycles. The number of carbonyl (C=O) groups excluding carboxylic acids is 1. The van der Waals surface area contributed by atoms with Crippen molar-refractivity contribution in [2.45, 2.75) is 68.3 Å². The van der Waals surface area contributed by atoms with Gasteiger partial charge < -0.3 is 0 Å². The Labute approximate surface area is 204 Å². The summed E-state index contributed by atoms with van der Waals surface area (Å²) in [6.07, 6.45) is -15.1. The zero-order valence-electron chi connectivity index (χ0n) is 18.5. The maximum atomic E-state index is 13.0. The molecule has 4 unspecified atom stereocenters. The molecule has 2 saturated heterocycles. The van der Waals surface area contributed by atoms with Gasteiger partial charge in [-0.05, 0) is 0 Å². The van der Waals surface area contributed by atoms with E-state index in [1.807, 2.05) is 0 Å². The number of fused-ring (bicyclic) bond motifs is 1. The number of ether oxygens (including phenoxy) is 4. The van der Waals surface area contributed by atoms with Crippen LogP contribution in [-0.2, 0) is 23.7 Å². The van der Waals surface area contributed by atoms with Gasteiger partial charge in [0.05, 0.1) is 0 Å². The number of nitrogens with zero attached hydrogens (tertiary/aromatic N) is 1. The number of carbonyl (C=O) groups is 1. The fraction of sp³-hybridized carbons (Fsp3) is 0.619. The molecule has 0 spiro atoms. The van der Waals surface area contributed by atoms with E-state index < -0.39 is 95.3 Å². The van der Waals surface area contributed by atoms with E-state index in [1.54, 1.807) is 24.3 Å². The fourth-order valence-electron chi connectivity index (χ4n) is 4.22. The summed E-state index contributed by atoms with van der Waals surface area (Å²) in [5.41, 5.74) is -0.389. The van der Waals surface area contributed by atoms with Crippen molar-refractivity contribution in [3.63, 3.8) is 0 Å². The molecule has 0 radical (unpaired) electrons. The van der Waals surface area contributed by atoms with Crippen LogP contribution in [0.25, 0.3) is 9.65 Å². The topological polar surface area (TPSA) is 197 Å². The van der Waals surface area contributed by atoms with Crippen LogP contribution in [0, 0.1) is 0 Å². The van der Waals surface area contributed by atoms with E-state index in [9.17, 15) is 40.2 Å². The van der Waals surface area contributed by atoms with E-state index in [2.05, 4.69) is 0 Å². The Bertz CT molecular complexity index is 1090. The predicted octanol–water partition coefficient (Wildman–Crippen LogP) is -3.57. The van der Waals surface area contributed by atoms with E-state index in [-0.39, 0.29) is 5.56 Å². The monoisotopic (exact) mass is 565 g/mol. The normalized spacial score (nSPS) is 37.9. The number of benzene rings is 1. The van der Waals surface area contributed by atoms with Gasteiger partial charge in [-0.25, -0.2) is 0 Å². The Morgan fingerprint density at radius 2 is 1.66 bits per heavy atom. The van der Waals surface area contributed by atoms with Crippen LogP contribution in [0.1, 0.15) is 13.2 Å². The molecule has 4 rings (SSSR count). The molecule has 2 aliphatic heterocycles. The minimum absolute atomic E-state index is 0.389. The van der Waals surface area contributed by atoms with Gasteiger partial charge >= 0.3 is 204 Å². The Hall–Kier alpha value is -1.68. The second kappa shape index (κ2) is 10.7. The molecule has 3 heterocycles. The minimum atomic E-state index is -1.78. The second-order valence-electron chi connectivity index (χ2n) is 8.33. The maximum absolute atomic E-state index is 13.0. The van der Waals surface area contributed by atoms with Crippen molar-refractivity contribution in [3.05, 3.63) is 34.6 Å². The molecule has 1 aromatic heterocycles. The first-order chi connectivity index (χ1) is 16.7. The molecule has 35 heavy (non-hydrogen) atoms. The first-order valence-corrected chi connectivity index (χ1v) is 12.5. The van der Waals surface area contributed by atoms with E-state index in [4.69, 9.17) is 18.9 Å². The summed E-state index contributed by atoms with van der Waals surface area (Å²) >= 11 is -0.568. The van der Waals surface area contributed by atoms with Crippen molar-refractivity contribution < 1.29 is 54.4 Å². The van der Waals surface area contributed by atoms with Crippen LogP contribution in [0.4, 0.5) is 0 Å². The molecule has 2 aromatic rings. The summed E-state index contributed by atoms with van der Waals surface area (Å²) in [7, 11) is 0. The molecule has 0 aliphatic carbocycles. The Morgan fingerprint density at radius 3 is 2.29 bits per heavy atom. The first-order valence-electron chi connectivity index (χ1n) is 10.9. The zero-order chi connectivity index (χ0) is 25.4. The SMILES string of the molecule is CC(=O)OC1[C@@H](O)[C@H](O[C@H]2OC(CO)[C@@H](O)[C@H](O)C2O)C(CO)O[C@H]1n1[se]c2ccccc2c1=O. The summed E-state index contributed by atoms with van der Waals surface area (Å²) < 4.78 is 24.3. The van der Waals surface area contributed by atoms with Crippen LogP contribution in [0.5, 0.6) is 0 Å². The Morgan fingerprint density at radius 1 is 0.971 bits per heavy atom. The average Bonchev–Trinajstić information content (AvgIpc) is 3.17. The van der Waals surface area contributed by atoms with Gasteiger partial charge in [0.1, 0.15) is 0 Å². The summed E-state index contributed by atoms with van der Waals surface area (Å²) in [6, 6.07) is 6.91. The van der Waals surface area contributed by atoms with Crippen LogP contribution in [0.3, 0.4) is 0 Å². The van der Waals surface area contributed by atoms with Crippen LogP contribution < -0.4 is 5.56 Å². The Balaban J connectivity index is 1.65. The van der Waals surface area contributed by atoms with Crippen molar-refractivity contribution >= 4 is 30.3 Å². The number of aliphatic hydroxyl groups excluding tert-OH is 6. The van der Waals surface area contributed by atoms with Crippen LogP contribution in [-0.4, -0.2) is 123 Å². The fourth-order valence-corrected chi connectivity index (χ4v) is 6.45. The molecule has 14 heteroatoms. The van der Waals surface area contributed by atoms with Gasteiger partial charge in [0.15, 0.2) is 0 Å². The molecule has 13 nitrogen and oxygen atoms in total. The van der Waals surface area contributed by atoms with Crippen LogP contribution >= 0.6 is 0 Å². The molecule has 6 N–H and O–H groups in total. The molecule has 0 bridgehead atoms. The van der Waals surface area contributed by atoms with Crippen molar-refractivity contribution in [2.75, 3.05) is 13.2 Å². The van der Waals surface area contributed by atoms with Gasteiger partial charge in [-0.1, -0.05) is 0 Å². The van der Waals surface area contributed by atoms with E-state index in [0.29, 0.717) is 5.39 Å². The Kier molecular flexibility index (Phi) is 8.10. The quantitative estimate of drug-likeness (QED) is 0.149. The van der Waals surface area contributed by atoms with Gasteiger partial charge in [0.25, 0.3) is 0 Å². The second-order valence-corrected chi connectivity index (χ2v) is 10.5. The molecule has 1 aromatic carbocycles. The van der Waals surface area contributed by atoms with Crippen molar-refractivity contribution in [2.24, 2.45) is 0 Å². The van der Waals surface area contributed by atoms with Gasteiger partial charge in [-0.2, -0.15) is 0 Å². The number of esters is 1. The third kappa shape index (κ3) is 4.97. The average molecular weight is 564 g/mol. The molecular weight excluding hydrogens is 537 g/mol. The van der Waals surface area contributed by atoms with Crippen LogP contribution in [0.2, 0.25) is 0 Å². The van der Waals surface area contributed by atoms with Gasteiger partial charge in [-0.15, -0.1) is 0 Å². The van der Waals surface area contributed by atoms with Crippen LogP contribution in [0.15, 0.2) is 29.1 Å².